The Balaban J connectivity index is 2.06. The lowest BCUT2D eigenvalue weighted by molar-refractivity contribution is -0.328. The monoisotopic (exact) mass is 332 g/mol. The zero-order valence-electron chi connectivity index (χ0n) is 11.4. The Morgan fingerprint density at radius 1 is 0.696 bits per heavy atom. The van der Waals surface area contributed by atoms with Crippen molar-refractivity contribution in [3.8, 4) is 11.1 Å². The molecule has 0 heterocycles. The summed E-state index contributed by atoms with van der Waals surface area (Å²) in [5.41, 5.74) is 1.76. The lowest BCUT2D eigenvalue weighted by atomic mass is 10.1. The van der Waals surface area contributed by atoms with Crippen molar-refractivity contribution in [2.75, 3.05) is 0 Å². The third kappa shape index (κ3) is 2.81. The first-order chi connectivity index (χ1) is 10.7. The van der Waals surface area contributed by atoms with Gasteiger partial charge in [-0.25, -0.2) is 0 Å². The van der Waals surface area contributed by atoms with Gasteiger partial charge < -0.3 is 4.74 Å². The van der Waals surface area contributed by atoms with Crippen LogP contribution in [0.2, 0.25) is 0 Å². The maximum Gasteiger partial charge on any atom is 0.423 e. The molecule has 23 heavy (non-hydrogen) atoms. The maximum absolute atomic E-state index is 12.8. The van der Waals surface area contributed by atoms with Crippen LogP contribution >= 0.6 is 0 Å². The zero-order valence-corrected chi connectivity index (χ0v) is 11.4. The van der Waals surface area contributed by atoms with Gasteiger partial charge in [-0.2, -0.15) is 26.3 Å². The fourth-order valence-electron chi connectivity index (χ4n) is 2.73. The lowest BCUT2D eigenvalue weighted by Gasteiger charge is -2.27. The molecule has 0 saturated heterocycles. The van der Waals surface area contributed by atoms with E-state index >= 15 is 0 Å². The van der Waals surface area contributed by atoms with Crippen molar-refractivity contribution in [2.24, 2.45) is 0 Å². The molecular weight excluding hydrogens is 322 g/mol. The Morgan fingerprint density at radius 3 is 1.48 bits per heavy atom. The van der Waals surface area contributed by atoms with E-state index in [1.54, 1.807) is 36.4 Å². The van der Waals surface area contributed by atoms with Gasteiger partial charge in [-0.15, -0.1) is 0 Å². The number of ether oxygens (including phenoxy) is 1. The topological polar surface area (TPSA) is 9.23 Å². The average Bonchev–Trinajstić information content (AvgIpc) is 2.77. The Morgan fingerprint density at radius 2 is 1.09 bits per heavy atom. The number of fused-ring (bicyclic) bond motifs is 3. The fraction of sp³-hybridized carbons (Fsp3) is 0.250. The van der Waals surface area contributed by atoms with Crippen LogP contribution in [-0.4, -0.2) is 18.5 Å². The summed E-state index contributed by atoms with van der Waals surface area (Å²) in [5, 5.41) is 0. The molecule has 1 aliphatic rings. The molecule has 7 heteroatoms. The third-order valence-corrected chi connectivity index (χ3v) is 3.64. The molecule has 0 atom stereocenters. The Kier molecular flexibility index (Phi) is 3.63. The van der Waals surface area contributed by atoms with Crippen LogP contribution in [0.4, 0.5) is 26.3 Å². The second kappa shape index (κ2) is 5.26. The van der Waals surface area contributed by atoms with Gasteiger partial charge >= 0.3 is 12.4 Å². The second-order valence-corrected chi connectivity index (χ2v) is 5.15. The van der Waals surface area contributed by atoms with Gasteiger partial charge in [0.1, 0.15) is 6.10 Å². The molecule has 0 unspecified atom stereocenters. The number of halogens is 6. The Labute approximate surface area is 127 Å². The second-order valence-electron chi connectivity index (χ2n) is 5.15. The summed E-state index contributed by atoms with van der Waals surface area (Å²) in [7, 11) is 0. The minimum absolute atomic E-state index is 0.298. The predicted molar refractivity (Wildman–Crippen MR) is 70.7 cm³/mol. The highest BCUT2D eigenvalue weighted by molar-refractivity contribution is 5.78. The van der Waals surface area contributed by atoms with Gasteiger partial charge in [0.15, 0.2) is 0 Å². The zero-order chi connectivity index (χ0) is 16.8. The minimum Gasteiger partial charge on any atom is -0.348 e. The molecular formula is C16H10F6O. The summed E-state index contributed by atoms with van der Waals surface area (Å²) in [4.78, 5) is 0. The van der Waals surface area contributed by atoms with Crippen LogP contribution in [0.1, 0.15) is 17.2 Å². The van der Waals surface area contributed by atoms with Crippen molar-refractivity contribution < 1.29 is 31.1 Å². The fourth-order valence-corrected chi connectivity index (χ4v) is 2.73. The van der Waals surface area contributed by atoms with E-state index in [0.717, 1.165) is 0 Å². The van der Waals surface area contributed by atoms with Crippen molar-refractivity contribution in [1.82, 2.24) is 0 Å². The smallest absolute Gasteiger partial charge is 0.348 e. The van der Waals surface area contributed by atoms with Crippen LogP contribution in [-0.2, 0) is 4.74 Å². The van der Waals surface area contributed by atoms with Crippen LogP contribution in [0.15, 0.2) is 48.5 Å². The summed E-state index contributed by atoms with van der Waals surface area (Å²) < 4.78 is 81.2. The molecule has 0 aromatic heterocycles. The van der Waals surface area contributed by atoms with E-state index < -0.39 is 24.6 Å². The van der Waals surface area contributed by atoms with Crippen molar-refractivity contribution >= 4 is 0 Å². The molecule has 0 saturated carbocycles. The largest absolute Gasteiger partial charge is 0.423 e. The molecule has 0 spiro atoms. The highest BCUT2D eigenvalue weighted by Gasteiger charge is 2.59. The van der Waals surface area contributed by atoms with Crippen LogP contribution in [0.5, 0.6) is 0 Å². The van der Waals surface area contributed by atoms with Crippen LogP contribution in [0, 0.1) is 0 Å². The van der Waals surface area contributed by atoms with Gasteiger partial charge in [-0.3, -0.25) is 0 Å². The van der Waals surface area contributed by atoms with Gasteiger partial charge in [-0.05, 0) is 22.3 Å². The van der Waals surface area contributed by atoms with E-state index in [0.29, 0.717) is 22.3 Å². The minimum atomic E-state index is -5.54. The molecule has 1 aliphatic carbocycles. The molecule has 0 bridgehead atoms. The van der Waals surface area contributed by atoms with E-state index in [-0.39, 0.29) is 0 Å². The normalized spacial score (nSPS) is 14.9. The molecule has 0 radical (unpaired) electrons. The Bertz CT molecular complexity index is 659. The summed E-state index contributed by atoms with van der Waals surface area (Å²) in [6.07, 6.45) is -16.3. The van der Waals surface area contributed by atoms with Gasteiger partial charge in [-0.1, -0.05) is 48.5 Å². The average molecular weight is 332 g/mol. The van der Waals surface area contributed by atoms with Gasteiger partial charge in [0.05, 0.1) is 0 Å². The molecule has 2 aromatic rings. The van der Waals surface area contributed by atoms with Crippen molar-refractivity contribution in [3.63, 3.8) is 0 Å². The number of hydrogen-bond acceptors (Lipinski definition) is 1. The van der Waals surface area contributed by atoms with E-state index in [2.05, 4.69) is 4.74 Å². The van der Waals surface area contributed by atoms with E-state index in [1.165, 1.54) is 12.1 Å². The molecule has 122 valence electrons. The molecule has 0 fully saturated rings. The Hall–Kier alpha value is -2.02. The van der Waals surface area contributed by atoms with E-state index in [4.69, 9.17) is 0 Å². The van der Waals surface area contributed by atoms with Crippen molar-refractivity contribution in [1.29, 1.82) is 0 Å². The van der Waals surface area contributed by atoms with Crippen LogP contribution in [0.25, 0.3) is 11.1 Å². The van der Waals surface area contributed by atoms with E-state index in [1.807, 2.05) is 0 Å². The first-order valence-corrected chi connectivity index (χ1v) is 6.66. The third-order valence-electron chi connectivity index (χ3n) is 3.64. The number of rotatable bonds is 2. The molecule has 0 N–H and O–H groups in total. The number of hydrogen-bond donors (Lipinski definition) is 0. The van der Waals surface area contributed by atoms with Gasteiger partial charge in [0.2, 0.25) is 6.10 Å². The van der Waals surface area contributed by atoms with E-state index in [9.17, 15) is 26.3 Å². The predicted octanol–water partition coefficient (Wildman–Crippen LogP) is 5.27. The van der Waals surface area contributed by atoms with Gasteiger partial charge in [0.25, 0.3) is 0 Å². The molecule has 0 amide bonds. The standard InChI is InChI=1S/C16H10F6O/c17-15(18,19)14(16(20,21)22)23-13-11-7-3-1-5-9(11)10-6-2-4-8-12(10)13/h1-8,13-14H. The maximum atomic E-state index is 12.8. The van der Waals surface area contributed by atoms with Crippen molar-refractivity contribution in [2.45, 2.75) is 24.6 Å². The van der Waals surface area contributed by atoms with Gasteiger partial charge in [0, 0.05) is 0 Å². The quantitative estimate of drug-likeness (QED) is 0.681. The number of benzene rings is 2. The molecule has 2 aromatic carbocycles. The first kappa shape index (κ1) is 15.9. The summed E-state index contributed by atoms with van der Waals surface area (Å²) in [6, 6.07) is 12.7. The van der Waals surface area contributed by atoms with Crippen LogP contribution in [0.3, 0.4) is 0 Å². The summed E-state index contributed by atoms with van der Waals surface area (Å²) in [6.45, 7) is 0. The highest BCUT2D eigenvalue weighted by Crippen LogP contribution is 2.48. The molecule has 3 rings (SSSR count). The first-order valence-electron chi connectivity index (χ1n) is 6.66. The summed E-state index contributed by atoms with van der Waals surface area (Å²) >= 11 is 0. The number of alkyl halides is 6. The molecule has 1 nitrogen and oxygen atoms in total. The summed E-state index contributed by atoms with van der Waals surface area (Å²) in [5.74, 6) is 0. The molecule has 0 aliphatic heterocycles. The van der Waals surface area contributed by atoms with Crippen molar-refractivity contribution in [3.05, 3.63) is 59.7 Å². The highest BCUT2D eigenvalue weighted by atomic mass is 19.4. The SMILES string of the molecule is FC(F)(F)C(OC1c2ccccc2-c2ccccc21)C(F)(F)F. The van der Waals surface area contributed by atoms with Crippen LogP contribution < -0.4 is 0 Å². The lowest BCUT2D eigenvalue weighted by Crippen LogP contribution is -2.45.